The van der Waals surface area contributed by atoms with Crippen LogP contribution in [0.1, 0.15) is 27.2 Å². The molecule has 4 nitrogen and oxygen atoms in total. The zero-order chi connectivity index (χ0) is 10.9. The molecule has 0 saturated carbocycles. The second kappa shape index (κ2) is 3.73. The molecule has 78 valence electrons. The third-order valence-corrected chi connectivity index (χ3v) is 3.24. The van der Waals surface area contributed by atoms with Crippen molar-refractivity contribution in [3.05, 3.63) is 0 Å². The monoisotopic (exact) mass is 215 g/mol. The first-order valence-corrected chi connectivity index (χ1v) is 5.43. The van der Waals surface area contributed by atoms with Crippen LogP contribution in [0.4, 0.5) is 4.79 Å². The minimum atomic E-state index is -0.643. The van der Waals surface area contributed by atoms with Gasteiger partial charge < -0.3 is 0 Å². The van der Waals surface area contributed by atoms with Crippen molar-refractivity contribution in [3.8, 4) is 0 Å². The number of rotatable bonds is 2. The zero-order valence-corrected chi connectivity index (χ0v) is 9.31. The van der Waals surface area contributed by atoms with Crippen LogP contribution >= 0.6 is 11.8 Å². The minimum absolute atomic E-state index is 0.0877. The summed E-state index contributed by atoms with van der Waals surface area (Å²) in [7, 11) is 0. The molecular formula is C9H13NO3S. The summed E-state index contributed by atoms with van der Waals surface area (Å²) in [6.07, 6.45) is 0.605. The van der Waals surface area contributed by atoms with Gasteiger partial charge in [0.1, 0.15) is 0 Å². The molecule has 1 fully saturated rings. The Balaban J connectivity index is 2.89. The van der Waals surface area contributed by atoms with E-state index >= 15 is 0 Å². The van der Waals surface area contributed by atoms with Crippen LogP contribution in [-0.2, 0) is 9.59 Å². The van der Waals surface area contributed by atoms with E-state index in [0.29, 0.717) is 6.42 Å². The van der Waals surface area contributed by atoms with E-state index < -0.39 is 16.6 Å². The van der Waals surface area contributed by atoms with Gasteiger partial charge in [-0.25, -0.2) is 4.90 Å². The van der Waals surface area contributed by atoms with Crippen LogP contribution in [0.15, 0.2) is 0 Å². The topological polar surface area (TPSA) is 54.5 Å². The Hall–Kier alpha value is -0.840. The molecular weight excluding hydrogens is 202 g/mol. The molecule has 1 heterocycles. The van der Waals surface area contributed by atoms with Crippen molar-refractivity contribution in [1.29, 1.82) is 0 Å². The fraction of sp³-hybridized carbons (Fsp3) is 0.667. The maximum Gasteiger partial charge on any atom is 0.295 e. The molecule has 0 atom stereocenters. The number of imide groups is 3. The van der Waals surface area contributed by atoms with Gasteiger partial charge in [0, 0.05) is 5.41 Å². The zero-order valence-electron chi connectivity index (χ0n) is 8.49. The number of thioether (sulfide) groups is 1. The predicted octanol–water partition coefficient (Wildman–Crippen LogP) is 1.64. The Labute approximate surface area is 87.0 Å². The van der Waals surface area contributed by atoms with Crippen molar-refractivity contribution in [2.75, 3.05) is 5.75 Å². The molecule has 0 aromatic carbocycles. The van der Waals surface area contributed by atoms with E-state index in [1.165, 1.54) is 0 Å². The Morgan fingerprint density at radius 1 is 1.50 bits per heavy atom. The molecule has 0 N–H and O–H groups in total. The number of nitrogens with zero attached hydrogens (tertiary/aromatic N) is 1. The molecule has 1 rings (SSSR count). The molecule has 0 spiro atoms. The average Bonchev–Trinajstić information content (AvgIpc) is 2.45. The summed E-state index contributed by atoms with van der Waals surface area (Å²) in [6.45, 7) is 5.33. The number of amides is 3. The Morgan fingerprint density at radius 3 is 2.43 bits per heavy atom. The summed E-state index contributed by atoms with van der Waals surface area (Å²) in [5.41, 5.74) is -0.643. The van der Waals surface area contributed by atoms with Gasteiger partial charge in [0.2, 0.25) is 11.8 Å². The molecule has 0 radical (unpaired) electrons. The van der Waals surface area contributed by atoms with Gasteiger partial charge in [0.15, 0.2) is 0 Å². The van der Waals surface area contributed by atoms with Gasteiger partial charge in [0.05, 0.1) is 5.75 Å². The van der Waals surface area contributed by atoms with Gasteiger partial charge >= 0.3 is 0 Å². The van der Waals surface area contributed by atoms with E-state index in [4.69, 9.17) is 0 Å². The Kier molecular flexibility index (Phi) is 2.99. The van der Waals surface area contributed by atoms with Crippen LogP contribution in [0.2, 0.25) is 0 Å². The van der Waals surface area contributed by atoms with Crippen molar-refractivity contribution in [2.45, 2.75) is 27.2 Å². The molecule has 0 aliphatic carbocycles. The molecule has 14 heavy (non-hydrogen) atoms. The predicted molar refractivity (Wildman–Crippen MR) is 53.8 cm³/mol. The summed E-state index contributed by atoms with van der Waals surface area (Å²) in [5.74, 6) is -0.698. The van der Waals surface area contributed by atoms with Gasteiger partial charge in [-0.05, 0) is 6.42 Å². The van der Waals surface area contributed by atoms with E-state index in [0.717, 1.165) is 16.7 Å². The van der Waals surface area contributed by atoms with Crippen molar-refractivity contribution in [1.82, 2.24) is 4.90 Å². The van der Waals surface area contributed by atoms with E-state index in [1.54, 1.807) is 13.8 Å². The highest BCUT2D eigenvalue weighted by molar-refractivity contribution is 8.14. The van der Waals surface area contributed by atoms with Gasteiger partial charge in [-0.3, -0.25) is 14.4 Å². The highest BCUT2D eigenvalue weighted by Crippen LogP contribution is 2.28. The SMILES string of the molecule is CCC(C)(C)C(=O)N1C(=O)CSC1=O. The molecule has 3 amide bonds. The van der Waals surface area contributed by atoms with Crippen molar-refractivity contribution in [2.24, 2.45) is 5.41 Å². The minimum Gasteiger partial charge on any atom is -0.273 e. The van der Waals surface area contributed by atoms with E-state index in [9.17, 15) is 14.4 Å². The lowest BCUT2D eigenvalue weighted by atomic mass is 9.88. The Bertz CT molecular complexity index is 282. The van der Waals surface area contributed by atoms with Crippen LogP contribution in [0.5, 0.6) is 0 Å². The lowest BCUT2D eigenvalue weighted by Crippen LogP contribution is -2.43. The van der Waals surface area contributed by atoms with Crippen LogP contribution < -0.4 is 0 Å². The van der Waals surface area contributed by atoms with Gasteiger partial charge in [-0.2, -0.15) is 0 Å². The van der Waals surface area contributed by atoms with Crippen molar-refractivity contribution >= 4 is 28.8 Å². The van der Waals surface area contributed by atoms with Crippen LogP contribution in [0.3, 0.4) is 0 Å². The first kappa shape index (κ1) is 11.2. The highest BCUT2D eigenvalue weighted by Gasteiger charge is 2.41. The highest BCUT2D eigenvalue weighted by atomic mass is 32.2. The number of hydrogen-bond donors (Lipinski definition) is 0. The number of carbonyl (C=O) groups is 3. The molecule has 0 bridgehead atoms. The second-order valence-electron chi connectivity index (χ2n) is 3.83. The maximum absolute atomic E-state index is 11.8. The molecule has 0 unspecified atom stereocenters. The molecule has 0 aromatic heterocycles. The summed E-state index contributed by atoms with van der Waals surface area (Å²) >= 11 is 0.885. The summed E-state index contributed by atoms with van der Waals surface area (Å²) in [4.78, 5) is 35.1. The summed E-state index contributed by atoms with van der Waals surface area (Å²) in [5, 5.41) is -0.443. The fourth-order valence-corrected chi connectivity index (χ4v) is 1.69. The van der Waals surface area contributed by atoms with E-state index in [-0.39, 0.29) is 11.7 Å². The quantitative estimate of drug-likeness (QED) is 0.702. The first-order valence-electron chi connectivity index (χ1n) is 4.44. The Morgan fingerprint density at radius 2 is 2.07 bits per heavy atom. The van der Waals surface area contributed by atoms with Crippen LogP contribution in [0.25, 0.3) is 0 Å². The summed E-state index contributed by atoms with van der Waals surface area (Å²) < 4.78 is 0. The van der Waals surface area contributed by atoms with Gasteiger partial charge in [-0.1, -0.05) is 32.5 Å². The lowest BCUT2D eigenvalue weighted by Gasteiger charge is -2.24. The number of hydrogen-bond acceptors (Lipinski definition) is 4. The van der Waals surface area contributed by atoms with E-state index in [1.807, 2.05) is 6.92 Å². The van der Waals surface area contributed by atoms with Crippen molar-refractivity contribution < 1.29 is 14.4 Å². The standard InChI is InChI=1S/C9H13NO3S/c1-4-9(2,3)7(12)10-6(11)5-14-8(10)13/h4-5H2,1-3H3. The molecule has 1 aliphatic rings. The molecule has 1 aliphatic heterocycles. The summed E-state index contributed by atoms with van der Waals surface area (Å²) in [6, 6.07) is 0. The average molecular weight is 215 g/mol. The maximum atomic E-state index is 11.8. The molecule has 0 aromatic rings. The number of carbonyl (C=O) groups excluding carboxylic acids is 3. The van der Waals surface area contributed by atoms with Gasteiger partial charge in [-0.15, -0.1) is 0 Å². The third kappa shape index (κ3) is 1.82. The van der Waals surface area contributed by atoms with Crippen molar-refractivity contribution in [3.63, 3.8) is 0 Å². The largest absolute Gasteiger partial charge is 0.295 e. The van der Waals surface area contributed by atoms with E-state index in [2.05, 4.69) is 0 Å². The normalized spacial score (nSPS) is 17.8. The fourth-order valence-electron chi connectivity index (χ4n) is 1.00. The first-order chi connectivity index (χ1) is 6.40. The van der Waals surface area contributed by atoms with Crippen LogP contribution in [0, 0.1) is 5.41 Å². The van der Waals surface area contributed by atoms with Gasteiger partial charge in [0.25, 0.3) is 5.24 Å². The second-order valence-corrected chi connectivity index (χ2v) is 4.75. The lowest BCUT2D eigenvalue weighted by molar-refractivity contribution is -0.144. The van der Waals surface area contributed by atoms with Crippen LogP contribution in [-0.4, -0.2) is 27.7 Å². The molecule has 5 heteroatoms. The third-order valence-electron chi connectivity index (χ3n) is 2.42. The molecule has 1 saturated heterocycles. The smallest absolute Gasteiger partial charge is 0.273 e.